The molecule has 0 saturated carbocycles. The Kier molecular flexibility index (Phi) is 8.19. The zero-order chi connectivity index (χ0) is 22.9. The molecule has 3 N–H and O–H groups in total. The summed E-state index contributed by atoms with van der Waals surface area (Å²) in [5.74, 6) is 0.224. The Balaban J connectivity index is 1.38. The van der Waals surface area contributed by atoms with Crippen LogP contribution >= 0.6 is 0 Å². The third kappa shape index (κ3) is 6.48. The molecule has 1 fully saturated rings. The van der Waals surface area contributed by atoms with Crippen LogP contribution in [0.2, 0.25) is 0 Å². The maximum absolute atomic E-state index is 4.32. The second kappa shape index (κ2) is 11.7. The van der Waals surface area contributed by atoms with Gasteiger partial charge in [-0.2, -0.15) is 10.2 Å². The highest BCUT2D eigenvalue weighted by Gasteiger charge is 2.20. The normalized spacial score (nSPS) is 22.8. The molecule has 0 amide bonds. The van der Waals surface area contributed by atoms with E-state index in [0.29, 0.717) is 0 Å². The summed E-state index contributed by atoms with van der Waals surface area (Å²) >= 11 is 0. The zero-order valence-electron chi connectivity index (χ0n) is 19.8. The lowest BCUT2D eigenvalue weighted by Crippen LogP contribution is -2.42. The van der Waals surface area contributed by atoms with Crippen LogP contribution in [0.3, 0.4) is 0 Å². The van der Waals surface area contributed by atoms with Crippen molar-refractivity contribution in [2.45, 2.75) is 38.3 Å². The predicted molar refractivity (Wildman–Crippen MR) is 137 cm³/mol. The number of fused-ring (bicyclic) bond motifs is 1. The molecule has 0 radical (unpaired) electrons. The highest BCUT2D eigenvalue weighted by Crippen LogP contribution is 2.21. The van der Waals surface area contributed by atoms with E-state index in [-0.39, 0.29) is 18.0 Å². The lowest BCUT2D eigenvalue weighted by atomic mass is 10.0. The van der Waals surface area contributed by atoms with Gasteiger partial charge in [-0.15, -0.1) is 0 Å². The predicted octanol–water partition coefficient (Wildman–Crippen LogP) is 3.79. The molecule has 0 bridgehead atoms. The smallest absolute Gasteiger partial charge is 0.0750 e. The highest BCUT2D eigenvalue weighted by molar-refractivity contribution is 5.78. The number of aromatic nitrogens is 2. The van der Waals surface area contributed by atoms with Gasteiger partial charge in [0.25, 0.3) is 0 Å². The quantitative estimate of drug-likeness (QED) is 0.382. The van der Waals surface area contributed by atoms with Crippen LogP contribution in [0.5, 0.6) is 0 Å². The fourth-order valence-corrected chi connectivity index (χ4v) is 4.16. The molecule has 2 aliphatic heterocycles. The van der Waals surface area contributed by atoms with Crippen molar-refractivity contribution in [1.29, 1.82) is 0 Å². The summed E-state index contributed by atoms with van der Waals surface area (Å²) in [4.78, 5) is 4.76. The van der Waals surface area contributed by atoms with Crippen LogP contribution in [-0.2, 0) is 0 Å². The second-order valence-electron chi connectivity index (χ2n) is 8.98. The lowest BCUT2D eigenvalue weighted by molar-refractivity contribution is 0.198. The van der Waals surface area contributed by atoms with Crippen molar-refractivity contribution < 1.29 is 0 Å². The molecule has 7 nitrogen and oxygen atoms in total. The molecule has 1 aromatic heterocycles. The van der Waals surface area contributed by atoms with Crippen molar-refractivity contribution in [1.82, 2.24) is 30.7 Å². The third-order valence-corrected chi connectivity index (χ3v) is 6.40. The molecule has 33 heavy (non-hydrogen) atoms. The van der Waals surface area contributed by atoms with Gasteiger partial charge in [0.1, 0.15) is 0 Å². The molecule has 176 valence electrons. The Labute approximate surface area is 197 Å². The molecule has 1 aromatic carbocycles. The standard InChI is InChI=1S/C26H37N7/c1-3-4-5-6-7-24(21-8-9-25-23(18-21)20-29-30-25)27-12-10-22-19-28-31-26(22)11-13-33-16-14-32(2)15-17-33/h6-13,18-20,22,24,26-27,31H,3-5,14-17H2,1-2H3,(H,29,30)/b7-6+,12-10+,13-11+. The van der Waals surface area contributed by atoms with Gasteiger partial charge in [-0.25, -0.2) is 0 Å². The number of H-pyrrole nitrogens is 1. The van der Waals surface area contributed by atoms with Crippen LogP contribution in [0.1, 0.15) is 37.8 Å². The minimum absolute atomic E-state index is 0.114. The molecule has 3 heterocycles. The van der Waals surface area contributed by atoms with E-state index < -0.39 is 0 Å². The molecule has 2 aliphatic rings. The van der Waals surface area contributed by atoms with E-state index in [1.54, 1.807) is 0 Å². The number of benzene rings is 1. The number of nitrogens with one attached hydrogen (secondary N) is 3. The number of unbranched alkanes of at least 4 members (excludes halogenated alkanes) is 2. The lowest BCUT2D eigenvalue weighted by Gasteiger charge is -2.31. The third-order valence-electron chi connectivity index (χ3n) is 6.40. The molecule has 7 heteroatoms. The van der Waals surface area contributed by atoms with Gasteiger partial charge in [0, 0.05) is 43.7 Å². The maximum atomic E-state index is 4.32. The summed E-state index contributed by atoms with van der Waals surface area (Å²) in [5, 5.41) is 16.2. The SMILES string of the molecule is CCCC/C=C/C(N/C=C/C1C=NNC1/C=C/N1CCN(C)CC1)c1ccc2[nH]ncc2c1. The van der Waals surface area contributed by atoms with Gasteiger partial charge in [-0.05, 0) is 49.6 Å². The van der Waals surface area contributed by atoms with E-state index >= 15 is 0 Å². The molecule has 0 aliphatic carbocycles. The van der Waals surface area contributed by atoms with Gasteiger partial charge >= 0.3 is 0 Å². The van der Waals surface area contributed by atoms with Gasteiger partial charge in [-0.1, -0.05) is 44.1 Å². The van der Waals surface area contributed by atoms with Crippen molar-refractivity contribution in [3.05, 3.63) is 66.7 Å². The van der Waals surface area contributed by atoms with Crippen LogP contribution in [0.4, 0.5) is 0 Å². The fourth-order valence-electron chi connectivity index (χ4n) is 4.16. The van der Waals surface area contributed by atoms with E-state index in [2.05, 4.69) is 105 Å². The number of hydrogen-bond acceptors (Lipinski definition) is 6. The summed E-state index contributed by atoms with van der Waals surface area (Å²) in [6, 6.07) is 6.76. The van der Waals surface area contributed by atoms with Crippen LogP contribution in [0.15, 0.2) is 66.2 Å². The zero-order valence-corrected chi connectivity index (χ0v) is 19.8. The van der Waals surface area contributed by atoms with E-state index in [0.717, 1.165) is 43.5 Å². The number of allylic oxidation sites excluding steroid dienone is 1. The topological polar surface area (TPSA) is 71.6 Å². The Morgan fingerprint density at radius 1 is 1.21 bits per heavy atom. The average Bonchev–Trinajstić information content (AvgIpc) is 3.49. The first-order chi connectivity index (χ1) is 16.2. The Hall–Kier alpha value is -3.06. The number of hydrogen-bond donors (Lipinski definition) is 3. The molecule has 3 unspecified atom stereocenters. The van der Waals surface area contributed by atoms with Crippen molar-refractivity contribution in [2.75, 3.05) is 33.2 Å². The van der Waals surface area contributed by atoms with E-state index in [1.165, 1.54) is 18.4 Å². The van der Waals surface area contributed by atoms with Gasteiger partial charge in [0.05, 0.1) is 23.8 Å². The first-order valence-electron chi connectivity index (χ1n) is 12.1. The second-order valence-corrected chi connectivity index (χ2v) is 8.98. The molecule has 0 spiro atoms. The van der Waals surface area contributed by atoms with E-state index in [4.69, 9.17) is 0 Å². The van der Waals surface area contributed by atoms with Gasteiger partial charge in [0.2, 0.25) is 0 Å². The Morgan fingerprint density at radius 3 is 2.94 bits per heavy atom. The van der Waals surface area contributed by atoms with Gasteiger partial charge < -0.3 is 20.5 Å². The molecule has 4 rings (SSSR count). The van der Waals surface area contributed by atoms with E-state index in [1.807, 2.05) is 12.4 Å². The Bertz CT molecular complexity index is 981. The summed E-state index contributed by atoms with van der Waals surface area (Å²) in [6.45, 7) is 6.62. The monoisotopic (exact) mass is 447 g/mol. The van der Waals surface area contributed by atoms with Crippen molar-refractivity contribution in [3.8, 4) is 0 Å². The van der Waals surface area contributed by atoms with Crippen LogP contribution in [0.25, 0.3) is 10.9 Å². The number of hydrazone groups is 1. The number of rotatable bonds is 10. The first kappa shape index (κ1) is 23.1. The largest absolute Gasteiger partial charge is 0.381 e. The van der Waals surface area contributed by atoms with Gasteiger partial charge in [-0.3, -0.25) is 5.10 Å². The van der Waals surface area contributed by atoms with Crippen LogP contribution in [0, 0.1) is 5.92 Å². The summed E-state index contributed by atoms with van der Waals surface area (Å²) in [6.07, 6.45) is 20.7. The minimum Gasteiger partial charge on any atom is -0.381 e. The minimum atomic E-state index is 0.114. The number of piperazine rings is 1. The van der Waals surface area contributed by atoms with Crippen LogP contribution in [-0.4, -0.2) is 65.5 Å². The Morgan fingerprint density at radius 2 is 2.09 bits per heavy atom. The molecular formula is C26H37N7. The molecule has 2 aromatic rings. The van der Waals surface area contributed by atoms with Crippen molar-refractivity contribution >= 4 is 17.1 Å². The molecular weight excluding hydrogens is 410 g/mol. The molecule has 3 atom stereocenters. The summed E-state index contributed by atoms with van der Waals surface area (Å²) in [7, 11) is 2.18. The fraction of sp³-hybridized carbons (Fsp3) is 0.462. The summed E-state index contributed by atoms with van der Waals surface area (Å²) in [5.41, 5.74) is 5.52. The molecule has 1 saturated heterocycles. The van der Waals surface area contributed by atoms with Crippen LogP contribution < -0.4 is 10.7 Å². The highest BCUT2D eigenvalue weighted by atomic mass is 15.3. The maximum Gasteiger partial charge on any atom is 0.0750 e. The first-order valence-corrected chi connectivity index (χ1v) is 12.1. The van der Waals surface area contributed by atoms with Crippen molar-refractivity contribution in [3.63, 3.8) is 0 Å². The number of aromatic amines is 1. The van der Waals surface area contributed by atoms with Crippen molar-refractivity contribution in [2.24, 2.45) is 11.0 Å². The number of likely N-dealkylation sites (N-methyl/N-ethyl adjacent to an activating group) is 1. The average molecular weight is 448 g/mol. The summed E-state index contributed by atoms with van der Waals surface area (Å²) < 4.78 is 0. The van der Waals surface area contributed by atoms with Gasteiger partial charge in [0.15, 0.2) is 0 Å². The van der Waals surface area contributed by atoms with E-state index in [9.17, 15) is 0 Å². The number of nitrogens with zero attached hydrogens (tertiary/aromatic N) is 4.